The van der Waals surface area contributed by atoms with Crippen molar-refractivity contribution in [1.29, 1.82) is 0 Å². The fourth-order valence-electron chi connectivity index (χ4n) is 0.577. The average Bonchev–Trinajstić information content (AvgIpc) is 1.98. The first-order valence-corrected chi connectivity index (χ1v) is 4.10. The van der Waals surface area contributed by atoms with E-state index < -0.39 is 0 Å². The number of ether oxygens (including phenoxy) is 1. The maximum Gasteiger partial charge on any atom is 0.0587 e. The number of methoxy groups -OCH3 is 1. The molecule has 0 amide bonds. The Balaban J connectivity index is 2.89. The van der Waals surface area contributed by atoms with Gasteiger partial charge >= 0.3 is 0 Å². The van der Waals surface area contributed by atoms with E-state index in [4.69, 9.17) is 16.3 Å². The molecule has 0 fully saturated rings. The summed E-state index contributed by atoms with van der Waals surface area (Å²) in [5.74, 6) is 1.28. The highest BCUT2D eigenvalue weighted by molar-refractivity contribution is 6.18. The minimum Gasteiger partial charge on any atom is -0.383 e. The molecule has 62 valence electrons. The first kappa shape index (κ1) is 10.2. The van der Waals surface area contributed by atoms with Crippen LogP contribution in [0.2, 0.25) is 0 Å². The van der Waals surface area contributed by atoms with E-state index in [0.717, 1.165) is 25.6 Å². The van der Waals surface area contributed by atoms with Crippen LogP contribution >= 0.6 is 11.6 Å². The van der Waals surface area contributed by atoms with Crippen molar-refractivity contribution in [1.82, 2.24) is 5.32 Å². The maximum atomic E-state index is 5.59. The smallest absolute Gasteiger partial charge is 0.0587 e. The van der Waals surface area contributed by atoms with Gasteiger partial charge in [0.25, 0.3) is 0 Å². The van der Waals surface area contributed by atoms with Crippen molar-refractivity contribution in [3.05, 3.63) is 0 Å². The van der Waals surface area contributed by atoms with E-state index in [1.165, 1.54) is 0 Å². The molecule has 10 heavy (non-hydrogen) atoms. The Morgan fingerprint density at radius 1 is 1.60 bits per heavy atom. The number of alkyl halides is 1. The van der Waals surface area contributed by atoms with E-state index in [-0.39, 0.29) is 0 Å². The van der Waals surface area contributed by atoms with Crippen LogP contribution in [0.4, 0.5) is 0 Å². The number of hydrogen-bond donors (Lipinski definition) is 1. The predicted molar refractivity (Wildman–Crippen MR) is 44.6 cm³/mol. The Morgan fingerprint density at radius 2 is 2.30 bits per heavy atom. The first-order valence-electron chi connectivity index (χ1n) is 3.57. The molecule has 0 radical (unpaired) electrons. The van der Waals surface area contributed by atoms with Crippen LogP contribution in [-0.4, -0.2) is 32.7 Å². The largest absolute Gasteiger partial charge is 0.383 e. The van der Waals surface area contributed by atoms with Crippen LogP contribution in [0.25, 0.3) is 0 Å². The molecule has 0 heterocycles. The lowest BCUT2D eigenvalue weighted by molar-refractivity contribution is 0.198. The van der Waals surface area contributed by atoms with Crippen molar-refractivity contribution in [2.24, 2.45) is 5.92 Å². The lowest BCUT2D eigenvalue weighted by Gasteiger charge is -2.07. The SMILES string of the molecule is COCCNCC(C)CCl. The second kappa shape index (κ2) is 7.32. The summed E-state index contributed by atoms with van der Waals surface area (Å²) in [5, 5.41) is 3.23. The van der Waals surface area contributed by atoms with Crippen molar-refractivity contribution >= 4 is 11.6 Å². The van der Waals surface area contributed by atoms with Crippen molar-refractivity contribution < 1.29 is 4.74 Å². The maximum absolute atomic E-state index is 5.59. The summed E-state index contributed by atoms with van der Waals surface area (Å²) in [7, 11) is 1.70. The molecule has 0 saturated carbocycles. The molecule has 0 aromatic rings. The van der Waals surface area contributed by atoms with Gasteiger partial charge in [-0.3, -0.25) is 0 Å². The molecular formula is C7H16ClNO. The Kier molecular flexibility index (Phi) is 7.47. The number of nitrogens with one attached hydrogen (secondary N) is 1. The normalized spacial score (nSPS) is 13.5. The molecule has 0 bridgehead atoms. The van der Waals surface area contributed by atoms with E-state index in [9.17, 15) is 0 Å². The van der Waals surface area contributed by atoms with E-state index in [2.05, 4.69) is 12.2 Å². The van der Waals surface area contributed by atoms with E-state index >= 15 is 0 Å². The molecule has 0 aromatic carbocycles. The second-order valence-electron chi connectivity index (χ2n) is 2.46. The van der Waals surface area contributed by atoms with Gasteiger partial charge in [-0.1, -0.05) is 6.92 Å². The van der Waals surface area contributed by atoms with Crippen molar-refractivity contribution in [2.75, 3.05) is 32.7 Å². The molecule has 0 spiro atoms. The standard InChI is InChI=1S/C7H16ClNO/c1-7(5-8)6-9-3-4-10-2/h7,9H,3-6H2,1-2H3. The quantitative estimate of drug-likeness (QED) is 0.470. The molecule has 1 unspecified atom stereocenters. The zero-order chi connectivity index (χ0) is 7.82. The summed E-state index contributed by atoms with van der Waals surface area (Å²) >= 11 is 5.59. The van der Waals surface area contributed by atoms with Gasteiger partial charge in [0.1, 0.15) is 0 Å². The van der Waals surface area contributed by atoms with Crippen LogP contribution in [0.3, 0.4) is 0 Å². The molecule has 0 aromatic heterocycles. The van der Waals surface area contributed by atoms with Crippen LogP contribution in [-0.2, 0) is 4.74 Å². The van der Waals surface area contributed by atoms with Gasteiger partial charge in [-0.05, 0) is 12.5 Å². The number of hydrogen-bond acceptors (Lipinski definition) is 2. The summed E-state index contributed by atoms with van der Waals surface area (Å²) in [6.07, 6.45) is 0. The van der Waals surface area contributed by atoms with Crippen LogP contribution in [0, 0.1) is 5.92 Å². The lowest BCUT2D eigenvalue weighted by Crippen LogP contribution is -2.25. The predicted octanol–water partition coefficient (Wildman–Crippen LogP) is 1.10. The zero-order valence-corrected chi connectivity index (χ0v) is 7.45. The van der Waals surface area contributed by atoms with Crippen molar-refractivity contribution in [2.45, 2.75) is 6.92 Å². The van der Waals surface area contributed by atoms with Crippen LogP contribution in [0.15, 0.2) is 0 Å². The molecule has 2 nitrogen and oxygen atoms in total. The summed E-state index contributed by atoms with van der Waals surface area (Å²) in [5.41, 5.74) is 0. The van der Waals surface area contributed by atoms with Gasteiger partial charge in [0.05, 0.1) is 6.61 Å². The fourth-order valence-corrected chi connectivity index (χ4v) is 0.686. The topological polar surface area (TPSA) is 21.3 Å². The van der Waals surface area contributed by atoms with Crippen LogP contribution in [0.1, 0.15) is 6.92 Å². The Bertz CT molecular complexity index is 70.6. The Hall–Kier alpha value is 0.210. The van der Waals surface area contributed by atoms with Gasteiger partial charge < -0.3 is 10.1 Å². The fraction of sp³-hybridized carbons (Fsp3) is 1.00. The third kappa shape index (κ3) is 6.33. The van der Waals surface area contributed by atoms with Gasteiger partial charge in [0.15, 0.2) is 0 Å². The van der Waals surface area contributed by atoms with Gasteiger partial charge in [0.2, 0.25) is 0 Å². The highest BCUT2D eigenvalue weighted by atomic mass is 35.5. The van der Waals surface area contributed by atoms with Gasteiger partial charge in [-0.25, -0.2) is 0 Å². The highest BCUT2D eigenvalue weighted by Gasteiger charge is 1.96. The molecule has 3 heteroatoms. The number of rotatable bonds is 6. The number of halogens is 1. The lowest BCUT2D eigenvalue weighted by atomic mass is 10.2. The van der Waals surface area contributed by atoms with E-state index in [1.54, 1.807) is 7.11 Å². The van der Waals surface area contributed by atoms with Crippen LogP contribution < -0.4 is 5.32 Å². The minimum atomic E-state index is 0.554. The van der Waals surface area contributed by atoms with E-state index in [1.807, 2.05) is 0 Å². The summed E-state index contributed by atoms with van der Waals surface area (Å²) < 4.78 is 4.86. The van der Waals surface area contributed by atoms with Gasteiger partial charge in [-0.15, -0.1) is 11.6 Å². The average molecular weight is 166 g/mol. The van der Waals surface area contributed by atoms with Crippen LogP contribution in [0.5, 0.6) is 0 Å². The third-order valence-corrected chi connectivity index (χ3v) is 1.77. The highest BCUT2D eigenvalue weighted by Crippen LogP contribution is 1.93. The molecule has 0 aliphatic heterocycles. The Labute approximate surface area is 67.9 Å². The van der Waals surface area contributed by atoms with Crippen molar-refractivity contribution in [3.63, 3.8) is 0 Å². The molecule has 0 saturated heterocycles. The third-order valence-electron chi connectivity index (χ3n) is 1.24. The second-order valence-corrected chi connectivity index (χ2v) is 2.77. The Morgan fingerprint density at radius 3 is 2.80 bits per heavy atom. The molecular weight excluding hydrogens is 150 g/mol. The van der Waals surface area contributed by atoms with E-state index in [0.29, 0.717) is 5.92 Å². The summed E-state index contributed by atoms with van der Waals surface area (Å²) in [6, 6.07) is 0. The minimum absolute atomic E-state index is 0.554. The molecule has 0 rings (SSSR count). The first-order chi connectivity index (χ1) is 4.81. The summed E-state index contributed by atoms with van der Waals surface area (Å²) in [6.45, 7) is 4.78. The monoisotopic (exact) mass is 165 g/mol. The molecule has 1 atom stereocenters. The zero-order valence-electron chi connectivity index (χ0n) is 6.69. The van der Waals surface area contributed by atoms with Crippen molar-refractivity contribution in [3.8, 4) is 0 Å². The molecule has 0 aliphatic rings. The van der Waals surface area contributed by atoms with Gasteiger partial charge in [-0.2, -0.15) is 0 Å². The summed E-state index contributed by atoms with van der Waals surface area (Å²) in [4.78, 5) is 0. The van der Waals surface area contributed by atoms with Gasteiger partial charge in [0, 0.05) is 19.5 Å². The molecule has 1 N–H and O–H groups in total. The molecule has 0 aliphatic carbocycles.